The number of rotatable bonds is 7. The van der Waals surface area contributed by atoms with Gasteiger partial charge in [0.05, 0.1) is 11.3 Å². The van der Waals surface area contributed by atoms with Gasteiger partial charge >= 0.3 is 5.97 Å². The van der Waals surface area contributed by atoms with Gasteiger partial charge in [0.15, 0.2) is 5.13 Å². The molecule has 112 valence electrons. The van der Waals surface area contributed by atoms with Crippen molar-refractivity contribution >= 4 is 43.3 Å². The molecule has 0 bridgehead atoms. The first-order valence-electron chi connectivity index (χ1n) is 6.95. The lowest BCUT2D eigenvalue weighted by Crippen LogP contribution is -2.21. The van der Waals surface area contributed by atoms with Crippen LogP contribution in [0.3, 0.4) is 0 Å². The number of anilines is 1. The molecule has 0 aliphatic rings. The second-order valence-corrected chi connectivity index (χ2v) is 6.43. The van der Waals surface area contributed by atoms with Gasteiger partial charge in [0.2, 0.25) is 0 Å². The van der Waals surface area contributed by atoms with E-state index in [1.807, 2.05) is 6.07 Å². The molecule has 0 saturated carbocycles. The molecule has 21 heavy (non-hydrogen) atoms. The molecule has 0 atom stereocenters. The number of esters is 1. The highest BCUT2D eigenvalue weighted by atomic mass is 32.1. The summed E-state index contributed by atoms with van der Waals surface area (Å²) in [5, 5.41) is 1.01. The van der Waals surface area contributed by atoms with E-state index in [2.05, 4.69) is 29.7 Å². The number of carbonyl (C=O) groups excluding carboxylic acids is 1. The summed E-state index contributed by atoms with van der Waals surface area (Å²) in [5.74, 6) is 2.24. The molecule has 0 fully saturated rings. The van der Waals surface area contributed by atoms with Gasteiger partial charge in [-0.15, -0.1) is 23.7 Å². The van der Waals surface area contributed by atoms with Gasteiger partial charge in [-0.25, -0.2) is 9.78 Å². The van der Waals surface area contributed by atoms with Gasteiger partial charge in [-0.1, -0.05) is 11.3 Å². The lowest BCUT2D eigenvalue weighted by molar-refractivity contribution is 0.0507. The number of ether oxygens (including phenoxy) is 1. The van der Waals surface area contributed by atoms with Crippen LogP contribution in [0.1, 0.15) is 36.4 Å². The Morgan fingerprint density at radius 2 is 2.19 bits per heavy atom. The highest BCUT2D eigenvalue weighted by Crippen LogP contribution is 2.34. The van der Waals surface area contributed by atoms with E-state index in [1.54, 1.807) is 11.3 Å². The average Bonchev–Trinajstić information content (AvgIpc) is 3.03. The van der Waals surface area contributed by atoms with Gasteiger partial charge in [-0.2, -0.15) is 0 Å². The second-order valence-electron chi connectivity index (χ2n) is 4.39. The monoisotopic (exact) mass is 322 g/mol. The van der Waals surface area contributed by atoms with Crippen LogP contribution < -0.4 is 4.90 Å². The maximum absolute atomic E-state index is 11.9. The number of unbranched alkanes of at least 4 members (excludes halogenated alkanes) is 1. The summed E-state index contributed by atoms with van der Waals surface area (Å²) in [5.41, 5.74) is 0. The molecular formula is C15H18N2O2S2. The second kappa shape index (κ2) is 7.43. The fraction of sp³-hybridized carbons (Fsp3) is 0.467. The number of hydrogen-bond donors (Lipinski definition) is 0. The Kier molecular flexibility index (Phi) is 5.59. The molecule has 0 unspecified atom stereocenters. The maximum Gasteiger partial charge on any atom is 0.348 e. The van der Waals surface area contributed by atoms with Crippen molar-refractivity contribution in [1.82, 2.24) is 4.98 Å². The zero-order valence-electron chi connectivity index (χ0n) is 12.2. The number of carbonyl (C=O) groups is 1. The Balaban J connectivity index is 2.05. The minimum Gasteiger partial charge on any atom is -0.461 e. The molecule has 0 amide bonds. The van der Waals surface area contributed by atoms with Crippen LogP contribution in [-0.2, 0) is 4.74 Å². The van der Waals surface area contributed by atoms with Gasteiger partial charge in [0.1, 0.15) is 9.71 Å². The number of fused-ring (bicyclic) bond motifs is 1. The van der Waals surface area contributed by atoms with Crippen LogP contribution in [0, 0.1) is 12.3 Å². The molecule has 0 aliphatic carbocycles. The van der Waals surface area contributed by atoms with Gasteiger partial charge in [-0.3, -0.25) is 0 Å². The molecule has 0 aromatic carbocycles. The minimum atomic E-state index is -0.286. The molecule has 0 saturated heterocycles. The molecule has 0 spiro atoms. The zero-order chi connectivity index (χ0) is 15.2. The van der Waals surface area contributed by atoms with E-state index >= 15 is 0 Å². The summed E-state index contributed by atoms with van der Waals surface area (Å²) in [7, 11) is 0. The normalized spacial score (nSPS) is 10.5. The Bertz CT molecular complexity index is 619. The van der Waals surface area contributed by atoms with Crippen LogP contribution in [0.25, 0.3) is 9.53 Å². The first-order valence-corrected chi connectivity index (χ1v) is 8.58. The molecule has 2 aromatic rings. The third-order valence-electron chi connectivity index (χ3n) is 3.01. The fourth-order valence-corrected chi connectivity index (χ4v) is 4.10. The smallest absolute Gasteiger partial charge is 0.348 e. The standard InChI is InChI=1S/C15H18N2O2S2/c1-4-7-8-9-19-14(18)12-10-11-13(20-12)16-15(21-11)17(5-2)6-3/h1,10H,5-9H2,2-3H3. The van der Waals surface area contributed by atoms with E-state index < -0.39 is 0 Å². The number of thiophene rings is 1. The number of aromatic nitrogens is 1. The highest BCUT2D eigenvalue weighted by Gasteiger charge is 2.16. The Hall–Kier alpha value is -1.58. The third-order valence-corrected chi connectivity index (χ3v) is 5.21. The predicted molar refractivity (Wildman–Crippen MR) is 89.4 cm³/mol. The molecule has 2 aromatic heterocycles. The first-order chi connectivity index (χ1) is 10.2. The number of nitrogens with zero attached hydrogens (tertiary/aromatic N) is 2. The van der Waals surface area contributed by atoms with Crippen molar-refractivity contribution < 1.29 is 9.53 Å². The summed E-state index contributed by atoms with van der Waals surface area (Å²) in [6.07, 6.45) is 6.48. The predicted octanol–water partition coefficient (Wildman–Crippen LogP) is 3.77. The summed E-state index contributed by atoms with van der Waals surface area (Å²) in [4.78, 5) is 20.2. The van der Waals surface area contributed by atoms with E-state index in [4.69, 9.17) is 11.2 Å². The van der Waals surface area contributed by atoms with E-state index in [0.717, 1.165) is 27.8 Å². The summed E-state index contributed by atoms with van der Waals surface area (Å²) in [6, 6.07) is 1.87. The van der Waals surface area contributed by atoms with Gasteiger partial charge in [0, 0.05) is 19.5 Å². The molecular weight excluding hydrogens is 304 g/mol. The fourth-order valence-electron chi connectivity index (χ4n) is 1.86. The van der Waals surface area contributed by atoms with Gasteiger partial charge in [0.25, 0.3) is 0 Å². The van der Waals surface area contributed by atoms with E-state index in [1.165, 1.54) is 11.3 Å². The van der Waals surface area contributed by atoms with Crippen molar-refractivity contribution in [1.29, 1.82) is 0 Å². The van der Waals surface area contributed by atoms with Gasteiger partial charge < -0.3 is 9.64 Å². The van der Waals surface area contributed by atoms with Crippen LogP contribution in [0.2, 0.25) is 0 Å². The van der Waals surface area contributed by atoms with Crippen molar-refractivity contribution in [3.63, 3.8) is 0 Å². The Labute approximate surface area is 132 Å². The lowest BCUT2D eigenvalue weighted by atomic mass is 10.3. The minimum absolute atomic E-state index is 0.286. The molecule has 4 nitrogen and oxygen atoms in total. The Morgan fingerprint density at radius 3 is 2.81 bits per heavy atom. The quantitative estimate of drug-likeness (QED) is 0.442. The van der Waals surface area contributed by atoms with Crippen molar-refractivity contribution in [2.45, 2.75) is 26.7 Å². The van der Waals surface area contributed by atoms with Crippen molar-refractivity contribution in [2.24, 2.45) is 0 Å². The summed E-state index contributed by atoms with van der Waals surface area (Å²) in [6.45, 7) is 6.45. The van der Waals surface area contributed by atoms with Crippen LogP contribution in [-0.4, -0.2) is 30.6 Å². The lowest BCUT2D eigenvalue weighted by Gasteiger charge is -2.16. The first kappa shape index (κ1) is 15.8. The largest absolute Gasteiger partial charge is 0.461 e. The van der Waals surface area contributed by atoms with Crippen LogP contribution >= 0.6 is 22.7 Å². The molecule has 2 heterocycles. The number of hydrogen-bond acceptors (Lipinski definition) is 6. The zero-order valence-corrected chi connectivity index (χ0v) is 13.9. The van der Waals surface area contributed by atoms with E-state index in [9.17, 15) is 4.79 Å². The molecule has 2 rings (SSSR count). The van der Waals surface area contributed by atoms with Crippen LogP contribution in [0.4, 0.5) is 5.13 Å². The van der Waals surface area contributed by atoms with Crippen molar-refractivity contribution in [3.8, 4) is 12.3 Å². The average molecular weight is 322 g/mol. The molecule has 0 aliphatic heterocycles. The van der Waals surface area contributed by atoms with Crippen molar-refractivity contribution in [3.05, 3.63) is 10.9 Å². The third kappa shape index (κ3) is 3.74. The van der Waals surface area contributed by atoms with Crippen LogP contribution in [0.5, 0.6) is 0 Å². The van der Waals surface area contributed by atoms with Gasteiger partial charge in [-0.05, 0) is 26.3 Å². The number of thiazole rings is 1. The molecule has 0 radical (unpaired) electrons. The van der Waals surface area contributed by atoms with E-state index in [0.29, 0.717) is 24.3 Å². The van der Waals surface area contributed by atoms with Crippen LogP contribution in [0.15, 0.2) is 6.07 Å². The summed E-state index contributed by atoms with van der Waals surface area (Å²) < 4.78 is 6.23. The summed E-state index contributed by atoms with van der Waals surface area (Å²) >= 11 is 3.00. The SMILES string of the molecule is C#CCCCOC(=O)c1cc2sc(N(CC)CC)nc2s1. The van der Waals surface area contributed by atoms with Crippen molar-refractivity contribution in [2.75, 3.05) is 24.6 Å². The Morgan fingerprint density at radius 1 is 1.43 bits per heavy atom. The molecule has 0 N–H and O–H groups in total. The molecule has 6 heteroatoms. The number of terminal acetylenes is 1. The maximum atomic E-state index is 11.9. The van der Waals surface area contributed by atoms with E-state index in [-0.39, 0.29) is 5.97 Å². The highest BCUT2D eigenvalue weighted by molar-refractivity contribution is 7.29. The topological polar surface area (TPSA) is 42.4 Å².